The smallest absolute Gasteiger partial charge is 0.291 e. The first kappa shape index (κ1) is 27.4. The topological polar surface area (TPSA) is 168 Å². The molecule has 3 heterocycles. The van der Waals surface area contributed by atoms with Gasteiger partial charge < -0.3 is 25.5 Å². The number of furan rings is 1. The van der Waals surface area contributed by atoms with Gasteiger partial charge in [0.25, 0.3) is 17.7 Å². The van der Waals surface area contributed by atoms with Crippen LogP contribution >= 0.6 is 0 Å². The summed E-state index contributed by atoms with van der Waals surface area (Å²) in [6, 6.07) is 9.93. The quantitative estimate of drug-likeness (QED) is 0.272. The van der Waals surface area contributed by atoms with Crippen LogP contribution in [0.5, 0.6) is 0 Å². The molecule has 0 aliphatic carbocycles. The summed E-state index contributed by atoms with van der Waals surface area (Å²) in [5, 5.41) is 13.3. The maximum Gasteiger partial charge on any atom is 0.291 e. The van der Waals surface area contributed by atoms with Gasteiger partial charge in [0.15, 0.2) is 5.76 Å². The Morgan fingerprint density at radius 1 is 1.23 bits per heavy atom. The summed E-state index contributed by atoms with van der Waals surface area (Å²) in [6.45, 7) is 2.27. The van der Waals surface area contributed by atoms with E-state index in [1.54, 1.807) is 37.3 Å². The van der Waals surface area contributed by atoms with Gasteiger partial charge in [-0.1, -0.05) is 17.9 Å². The Bertz CT molecular complexity index is 1630. The lowest BCUT2D eigenvalue weighted by molar-refractivity contribution is -0.122. The van der Waals surface area contributed by atoms with E-state index in [1.807, 2.05) is 0 Å². The first-order chi connectivity index (χ1) is 18.5. The van der Waals surface area contributed by atoms with Crippen molar-refractivity contribution in [1.29, 1.82) is 0 Å². The van der Waals surface area contributed by atoms with Crippen LogP contribution in [0, 0.1) is 18.8 Å². The Hall–Kier alpha value is -4.60. The minimum absolute atomic E-state index is 0.0513. The Labute approximate surface area is 225 Å². The highest BCUT2D eigenvalue weighted by atomic mass is 32.2. The van der Waals surface area contributed by atoms with Gasteiger partial charge in [-0.25, -0.2) is 9.19 Å². The summed E-state index contributed by atoms with van der Waals surface area (Å²) in [6.07, 6.45) is 3.73. The summed E-state index contributed by atoms with van der Waals surface area (Å²) < 4.78 is 20.4. The van der Waals surface area contributed by atoms with Gasteiger partial charge in [0.1, 0.15) is 5.82 Å². The Morgan fingerprint density at radius 2 is 2.03 bits per heavy atom. The molecule has 39 heavy (non-hydrogen) atoms. The third kappa shape index (κ3) is 7.04. The molecule has 2 unspecified atom stereocenters. The third-order valence-corrected chi connectivity index (χ3v) is 7.05. The summed E-state index contributed by atoms with van der Waals surface area (Å²) in [5.41, 5.74) is 8.04. The van der Waals surface area contributed by atoms with Gasteiger partial charge in [-0.3, -0.25) is 19.1 Å². The summed E-state index contributed by atoms with van der Waals surface area (Å²) in [4.78, 5) is 42.9. The lowest BCUT2D eigenvalue weighted by Crippen LogP contribution is -2.37. The molecule has 4 rings (SSSR count). The fourth-order valence-corrected chi connectivity index (χ4v) is 4.87. The molecule has 1 aliphatic rings. The number of aliphatic hydroxyl groups is 1. The van der Waals surface area contributed by atoms with E-state index in [9.17, 15) is 23.7 Å². The van der Waals surface area contributed by atoms with Gasteiger partial charge in [-0.15, -0.1) is 0 Å². The number of pyridine rings is 1. The van der Waals surface area contributed by atoms with Crippen molar-refractivity contribution in [2.75, 3.05) is 30.4 Å². The zero-order chi connectivity index (χ0) is 28.2. The van der Waals surface area contributed by atoms with Crippen molar-refractivity contribution < 1.29 is 28.1 Å². The highest BCUT2D eigenvalue weighted by Crippen LogP contribution is 2.16. The number of carbonyl (C=O) groups excluding carboxylic acids is 3. The molecule has 1 aliphatic heterocycles. The number of nitrogens with two attached hydrogens (primary N) is 1. The summed E-state index contributed by atoms with van der Waals surface area (Å²) in [5.74, 6) is 4.46. The highest BCUT2D eigenvalue weighted by Gasteiger charge is 2.24. The normalized spacial score (nSPS) is 16.0. The molecular formula is C27H27N5O6S. The van der Waals surface area contributed by atoms with Crippen LogP contribution in [0.1, 0.15) is 44.0 Å². The van der Waals surface area contributed by atoms with Crippen molar-refractivity contribution in [3.63, 3.8) is 0 Å². The SMILES string of the molecule is Cc1ccoc1C(=O)Nc1cccc(C#Cc2cc(C(=O)NS(C)(=O)=CC(=O)N3CCC(O)C3)cnc2N)c1. The molecule has 1 fully saturated rings. The lowest BCUT2D eigenvalue weighted by Gasteiger charge is -2.14. The maximum atomic E-state index is 12.9. The van der Waals surface area contributed by atoms with Gasteiger partial charge in [0.2, 0.25) is 0 Å². The fraction of sp³-hybridized carbons (Fsp3) is 0.222. The maximum absolute atomic E-state index is 12.9. The molecule has 0 spiro atoms. The minimum Gasteiger partial charge on any atom is -0.459 e. The van der Waals surface area contributed by atoms with Crippen LogP contribution in [0.15, 0.2) is 53.3 Å². The number of carbonyl (C=O) groups is 3. The van der Waals surface area contributed by atoms with E-state index in [0.29, 0.717) is 29.8 Å². The van der Waals surface area contributed by atoms with Crippen molar-refractivity contribution in [3.8, 4) is 11.8 Å². The monoisotopic (exact) mass is 549 g/mol. The number of aryl methyl sites for hydroxylation is 1. The second-order valence-corrected chi connectivity index (χ2v) is 11.3. The van der Waals surface area contributed by atoms with Gasteiger partial charge in [-0.05, 0) is 43.7 Å². The van der Waals surface area contributed by atoms with Crippen molar-refractivity contribution in [1.82, 2.24) is 14.6 Å². The molecule has 1 saturated heterocycles. The van der Waals surface area contributed by atoms with E-state index < -0.39 is 27.6 Å². The standard InChI is InChI=1S/C27H27N5O6S/c1-17-9-11-38-24(17)27(36)30-21-5-3-4-18(12-21)6-7-19-13-20(14-29-25(19)28)26(35)31-39(2,37)16-23(34)32-10-8-22(33)15-32/h3-5,9,11-14,16,22,33H,8,10,15H2,1-2H3,(H2,28,29)(H,30,36)(H,31,35,37). The van der Waals surface area contributed by atoms with Gasteiger partial charge >= 0.3 is 0 Å². The third-order valence-electron chi connectivity index (χ3n) is 5.81. The largest absolute Gasteiger partial charge is 0.459 e. The first-order valence-corrected chi connectivity index (χ1v) is 13.9. The number of hydrogen-bond donors (Lipinski definition) is 4. The number of amides is 3. The number of nitrogen functional groups attached to an aromatic ring is 1. The molecule has 0 saturated carbocycles. The van der Waals surface area contributed by atoms with Crippen molar-refractivity contribution in [2.45, 2.75) is 19.4 Å². The van der Waals surface area contributed by atoms with E-state index in [0.717, 1.165) is 5.37 Å². The fourth-order valence-electron chi connectivity index (χ4n) is 3.79. The zero-order valence-corrected chi connectivity index (χ0v) is 22.1. The number of likely N-dealkylation sites (tertiary alicyclic amines) is 1. The molecule has 5 N–H and O–H groups in total. The number of hydrogen-bond acceptors (Lipinski definition) is 8. The second kappa shape index (κ2) is 11.4. The van der Waals surface area contributed by atoms with Gasteiger partial charge in [-0.2, -0.15) is 0 Å². The van der Waals surface area contributed by atoms with Crippen molar-refractivity contribution >= 4 is 44.3 Å². The first-order valence-electron chi connectivity index (χ1n) is 11.9. The second-order valence-electron chi connectivity index (χ2n) is 9.05. The van der Waals surface area contributed by atoms with Crippen LogP contribution in [0.3, 0.4) is 0 Å². The molecule has 2 aromatic heterocycles. The number of aliphatic hydroxyl groups excluding tert-OH is 1. The van der Waals surface area contributed by atoms with Crippen LogP contribution in [0.2, 0.25) is 0 Å². The Balaban J connectivity index is 1.48. The van der Waals surface area contributed by atoms with E-state index in [1.165, 1.54) is 29.7 Å². The van der Waals surface area contributed by atoms with Crippen molar-refractivity contribution in [3.05, 3.63) is 76.9 Å². The van der Waals surface area contributed by atoms with Gasteiger partial charge in [0, 0.05) is 42.4 Å². The molecule has 12 heteroatoms. The number of β-amino-alcohol motifs (C(OH)–C–C–N with tert-alkyl or cyclic N) is 1. The Kier molecular flexibility index (Phi) is 8.04. The predicted octanol–water partition coefficient (Wildman–Crippen LogP) is 1.17. The average molecular weight is 550 g/mol. The van der Waals surface area contributed by atoms with Gasteiger partial charge in [0.05, 0.1) is 38.6 Å². The molecule has 11 nitrogen and oxygen atoms in total. The average Bonchev–Trinajstić information content (AvgIpc) is 3.51. The number of aromatic nitrogens is 1. The zero-order valence-electron chi connectivity index (χ0n) is 21.3. The van der Waals surface area contributed by atoms with E-state index in [2.05, 4.69) is 26.9 Å². The van der Waals surface area contributed by atoms with Crippen LogP contribution in [-0.4, -0.2) is 67.7 Å². The number of rotatable bonds is 5. The molecule has 0 radical (unpaired) electrons. The molecular weight excluding hydrogens is 522 g/mol. The van der Waals surface area contributed by atoms with E-state index in [4.69, 9.17) is 10.2 Å². The van der Waals surface area contributed by atoms with E-state index >= 15 is 0 Å². The highest BCUT2D eigenvalue weighted by molar-refractivity contribution is 8.00. The molecule has 1 aromatic carbocycles. The summed E-state index contributed by atoms with van der Waals surface area (Å²) >= 11 is 0. The van der Waals surface area contributed by atoms with Crippen LogP contribution in [-0.2, 0) is 14.5 Å². The number of nitrogens with zero attached hydrogens (tertiary/aromatic N) is 2. The number of benzene rings is 1. The van der Waals surface area contributed by atoms with Crippen LogP contribution in [0.4, 0.5) is 11.5 Å². The lowest BCUT2D eigenvalue weighted by atomic mass is 10.1. The molecule has 3 amide bonds. The summed E-state index contributed by atoms with van der Waals surface area (Å²) in [7, 11) is -3.18. The molecule has 2 atom stereocenters. The number of nitrogens with one attached hydrogen (secondary N) is 2. The molecule has 202 valence electrons. The Morgan fingerprint density at radius 3 is 2.72 bits per heavy atom. The number of anilines is 2. The van der Waals surface area contributed by atoms with Crippen molar-refractivity contribution in [2.24, 2.45) is 0 Å². The molecule has 0 bridgehead atoms. The molecule has 3 aromatic rings. The minimum atomic E-state index is -3.18. The van der Waals surface area contributed by atoms with E-state index in [-0.39, 0.29) is 35.2 Å². The van der Waals surface area contributed by atoms with Crippen LogP contribution in [0.25, 0.3) is 0 Å². The van der Waals surface area contributed by atoms with Crippen LogP contribution < -0.4 is 15.8 Å². The predicted molar refractivity (Wildman–Crippen MR) is 147 cm³/mol.